The van der Waals surface area contributed by atoms with Gasteiger partial charge >= 0.3 is 0 Å². The van der Waals surface area contributed by atoms with Gasteiger partial charge in [-0.25, -0.2) is 0 Å². The Morgan fingerprint density at radius 1 is 1.67 bits per heavy atom. The monoisotopic (exact) mass is 205 g/mol. The van der Waals surface area contributed by atoms with Crippen LogP contribution < -0.4 is 5.32 Å². The topological polar surface area (TPSA) is 46.9 Å². The molecule has 0 aliphatic carbocycles. The van der Waals surface area contributed by atoms with Crippen molar-refractivity contribution in [3.8, 4) is 0 Å². The molecule has 4 heteroatoms. The van der Waals surface area contributed by atoms with Crippen LogP contribution in [0.5, 0.6) is 0 Å². The van der Waals surface area contributed by atoms with Crippen LogP contribution in [0.2, 0.25) is 0 Å². The minimum Gasteiger partial charge on any atom is -0.322 e. The zero-order valence-corrected chi connectivity index (χ0v) is 9.03. The van der Waals surface area contributed by atoms with Crippen LogP contribution in [0.1, 0.15) is 30.2 Å². The molecule has 0 fully saturated rings. The lowest BCUT2D eigenvalue weighted by atomic mass is 10.3. The molecule has 0 aliphatic rings. The number of allylic oxidation sites excluding steroid dienone is 1. The van der Waals surface area contributed by atoms with Gasteiger partial charge in [0.25, 0.3) is 5.91 Å². The van der Waals surface area contributed by atoms with Gasteiger partial charge in [-0.2, -0.15) is 5.10 Å². The zero-order valence-electron chi connectivity index (χ0n) is 9.03. The van der Waals surface area contributed by atoms with Gasteiger partial charge in [-0.05, 0) is 19.9 Å². The average Bonchev–Trinajstić information content (AvgIpc) is 2.66. The van der Waals surface area contributed by atoms with E-state index in [1.54, 1.807) is 10.9 Å². The number of nitrogens with zero attached hydrogens (tertiary/aromatic N) is 2. The smallest absolute Gasteiger partial charge is 0.258 e. The van der Waals surface area contributed by atoms with Gasteiger partial charge in [0.2, 0.25) is 0 Å². The minimum atomic E-state index is -0.216. The number of amides is 1. The number of rotatable bonds is 4. The molecule has 0 saturated carbocycles. The number of aromatic nitrogens is 2. The van der Waals surface area contributed by atoms with E-state index in [0.29, 0.717) is 11.3 Å². The molecule has 1 N–H and O–H groups in total. The molecule has 1 amide bonds. The van der Waals surface area contributed by atoms with E-state index in [2.05, 4.69) is 23.6 Å². The van der Waals surface area contributed by atoms with E-state index in [-0.39, 0.29) is 11.9 Å². The predicted molar refractivity (Wildman–Crippen MR) is 59.4 cm³/mol. The van der Waals surface area contributed by atoms with E-state index in [0.717, 1.165) is 0 Å². The summed E-state index contributed by atoms with van der Waals surface area (Å²) in [6.45, 7) is 11.1. The molecule has 1 aromatic rings. The van der Waals surface area contributed by atoms with Crippen molar-refractivity contribution in [2.75, 3.05) is 0 Å². The highest BCUT2D eigenvalue weighted by Gasteiger charge is 2.09. The van der Waals surface area contributed by atoms with E-state index >= 15 is 0 Å². The Kier molecular flexibility index (Phi) is 3.44. The van der Waals surface area contributed by atoms with E-state index in [1.807, 2.05) is 13.8 Å². The number of hydrogen-bond acceptors (Lipinski definition) is 2. The van der Waals surface area contributed by atoms with Crippen molar-refractivity contribution >= 4 is 5.91 Å². The molecule has 4 nitrogen and oxygen atoms in total. The van der Waals surface area contributed by atoms with Gasteiger partial charge in [0, 0.05) is 17.9 Å². The summed E-state index contributed by atoms with van der Waals surface area (Å²) < 4.78 is 1.73. The molecule has 0 saturated heterocycles. The Bertz CT molecular complexity index is 390. The fourth-order valence-corrected chi connectivity index (χ4v) is 1.01. The minimum absolute atomic E-state index is 0.216. The molecule has 0 spiro atoms. The third kappa shape index (κ3) is 2.80. The van der Waals surface area contributed by atoms with Crippen LogP contribution in [-0.2, 0) is 0 Å². The molecule has 0 unspecified atom stereocenters. The molecule has 0 bridgehead atoms. The summed E-state index contributed by atoms with van der Waals surface area (Å²) in [7, 11) is 0. The van der Waals surface area contributed by atoms with Crippen LogP contribution >= 0.6 is 0 Å². The highest BCUT2D eigenvalue weighted by molar-refractivity contribution is 5.94. The molecule has 0 aliphatic heterocycles. The van der Waals surface area contributed by atoms with Crippen molar-refractivity contribution in [3.05, 3.63) is 42.9 Å². The lowest BCUT2D eigenvalue weighted by molar-refractivity contribution is 0.0967. The summed E-state index contributed by atoms with van der Waals surface area (Å²) in [5.74, 6) is -0.216. The average molecular weight is 205 g/mol. The van der Waals surface area contributed by atoms with Crippen molar-refractivity contribution in [1.82, 2.24) is 15.1 Å². The molecule has 1 heterocycles. The molecule has 80 valence electrons. The maximum atomic E-state index is 11.6. The molecular weight excluding hydrogens is 190 g/mol. The van der Waals surface area contributed by atoms with Gasteiger partial charge < -0.3 is 5.32 Å². The van der Waals surface area contributed by atoms with Crippen molar-refractivity contribution in [2.24, 2.45) is 0 Å². The summed E-state index contributed by atoms with van der Waals surface area (Å²) in [4.78, 5) is 11.6. The maximum absolute atomic E-state index is 11.6. The highest BCUT2D eigenvalue weighted by atomic mass is 16.1. The Morgan fingerprint density at radius 3 is 2.80 bits per heavy atom. The van der Waals surface area contributed by atoms with Gasteiger partial charge in [0.1, 0.15) is 0 Å². The standard InChI is InChI=1S/C11H15N3O/c1-5-9(4)13-11(15)10-6-12-14(7-10)8(2)3/h5-8H,1,4H2,2-3H3,(H,13,15). The lowest BCUT2D eigenvalue weighted by Crippen LogP contribution is -2.20. The van der Waals surface area contributed by atoms with Crippen LogP contribution in [0, 0.1) is 0 Å². The SMILES string of the molecule is C=CC(=C)NC(=O)c1cnn(C(C)C)c1. The number of nitrogens with one attached hydrogen (secondary N) is 1. The van der Waals surface area contributed by atoms with Gasteiger partial charge in [-0.15, -0.1) is 0 Å². The van der Waals surface area contributed by atoms with Crippen molar-refractivity contribution in [2.45, 2.75) is 19.9 Å². The van der Waals surface area contributed by atoms with Crippen LogP contribution in [0.4, 0.5) is 0 Å². The number of hydrogen-bond donors (Lipinski definition) is 1. The first-order chi connectivity index (χ1) is 7.04. The van der Waals surface area contributed by atoms with Gasteiger partial charge in [-0.1, -0.05) is 13.2 Å². The zero-order chi connectivity index (χ0) is 11.4. The molecule has 15 heavy (non-hydrogen) atoms. The predicted octanol–water partition coefficient (Wildman–Crippen LogP) is 1.89. The lowest BCUT2D eigenvalue weighted by Gasteiger charge is -2.03. The summed E-state index contributed by atoms with van der Waals surface area (Å²) in [6, 6.07) is 0.245. The Morgan fingerprint density at radius 2 is 2.33 bits per heavy atom. The van der Waals surface area contributed by atoms with Crippen LogP contribution in [0.25, 0.3) is 0 Å². The van der Waals surface area contributed by atoms with Crippen LogP contribution in [0.3, 0.4) is 0 Å². The van der Waals surface area contributed by atoms with Gasteiger partial charge in [0.15, 0.2) is 0 Å². The molecule has 0 atom stereocenters. The Labute approximate surface area is 89.3 Å². The third-order valence-electron chi connectivity index (χ3n) is 1.91. The first-order valence-corrected chi connectivity index (χ1v) is 4.71. The van der Waals surface area contributed by atoms with Crippen LogP contribution in [0.15, 0.2) is 37.3 Å². The second kappa shape index (κ2) is 4.59. The van der Waals surface area contributed by atoms with Crippen LogP contribution in [-0.4, -0.2) is 15.7 Å². The first kappa shape index (κ1) is 11.2. The first-order valence-electron chi connectivity index (χ1n) is 4.71. The van der Waals surface area contributed by atoms with Gasteiger partial charge in [0.05, 0.1) is 11.8 Å². The number of carbonyl (C=O) groups is 1. The van der Waals surface area contributed by atoms with Crippen molar-refractivity contribution in [3.63, 3.8) is 0 Å². The maximum Gasteiger partial charge on any atom is 0.258 e. The van der Waals surface area contributed by atoms with E-state index in [4.69, 9.17) is 0 Å². The van der Waals surface area contributed by atoms with Gasteiger partial charge in [-0.3, -0.25) is 9.48 Å². The number of carbonyl (C=O) groups excluding carboxylic acids is 1. The quantitative estimate of drug-likeness (QED) is 0.763. The fraction of sp³-hybridized carbons (Fsp3) is 0.273. The summed E-state index contributed by atoms with van der Waals surface area (Å²) >= 11 is 0. The second-order valence-corrected chi connectivity index (χ2v) is 3.49. The molecular formula is C11H15N3O. The molecule has 1 rings (SSSR count). The Hall–Kier alpha value is -1.84. The summed E-state index contributed by atoms with van der Waals surface area (Å²) in [5, 5.41) is 6.66. The summed E-state index contributed by atoms with van der Waals surface area (Å²) in [6.07, 6.45) is 4.73. The van der Waals surface area contributed by atoms with Crippen molar-refractivity contribution in [1.29, 1.82) is 0 Å². The molecule has 0 radical (unpaired) electrons. The molecule has 0 aromatic carbocycles. The van der Waals surface area contributed by atoms with E-state index in [1.165, 1.54) is 12.3 Å². The van der Waals surface area contributed by atoms with E-state index < -0.39 is 0 Å². The fourth-order valence-electron chi connectivity index (χ4n) is 1.01. The van der Waals surface area contributed by atoms with Crippen molar-refractivity contribution < 1.29 is 4.79 Å². The normalized spacial score (nSPS) is 10.1. The largest absolute Gasteiger partial charge is 0.322 e. The van der Waals surface area contributed by atoms with E-state index in [9.17, 15) is 4.79 Å². The summed E-state index contributed by atoms with van der Waals surface area (Å²) in [5.41, 5.74) is 1.00. The third-order valence-corrected chi connectivity index (χ3v) is 1.91. The molecule has 1 aromatic heterocycles. The second-order valence-electron chi connectivity index (χ2n) is 3.49. The Balaban J connectivity index is 2.74. The highest BCUT2D eigenvalue weighted by Crippen LogP contribution is 2.05.